The van der Waals surface area contributed by atoms with E-state index in [1.807, 2.05) is 0 Å². The molecule has 1 amide bonds. The van der Waals surface area contributed by atoms with Crippen molar-refractivity contribution in [1.29, 1.82) is 0 Å². The topological polar surface area (TPSA) is 85.0 Å². The molecule has 1 aromatic carbocycles. The molecule has 3 heterocycles. The van der Waals surface area contributed by atoms with Crippen LogP contribution in [0, 0.1) is 5.82 Å². The quantitative estimate of drug-likeness (QED) is 0.731. The average Bonchev–Trinajstić information content (AvgIpc) is 3.04. The van der Waals surface area contributed by atoms with Crippen molar-refractivity contribution in [3.63, 3.8) is 0 Å². The maximum absolute atomic E-state index is 13.7. The minimum atomic E-state index is -0.520. The zero-order chi connectivity index (χ0) is 16.5. The maximum atomic E-state index is 13.7. The number of halogens is 1. The van der Waals surface area contributed by atoms with Crippen LogP contribution in [0.25, 0.3) is 11.5 Å². The number of likely N-dealkylation sites (tertiary alicyclic amines) is 1. The van der Waals surface area contributed by atoms with Crippen molar-refractivity contribution < 1.29 is 13.7 Å². The second-order valence-corrected chi connectivity index (χ2v) is 5.43. The molecular formula is C16H12FN5O2. The predicted molar refractivity (Wildman–Crippen MR) is 80.4 cm³/mol. The standard InChI is InChI=1S/C16H12FN5O2/c17-12-4-2-1-3-11(12)16(23)22-8-10(9-22)15-20-14(21-24-15)13-7-18-5-6-19-13/h1-7,10H,8-9H2. The fourth-order valence-electron chi connectivity index (χ4n) is 2.53. The van der Waals surface area contributed by atoms with Crippen LogP contribution in [0.4, 0.5) is 4.39 Å². The largest absolute Gasteiger partial charge is 0.338 e. The van der Waals surface area contributed by atoms with Crippen LogP contribution in [-0.2, 0) is 0 Å². The first-order valence-electron chi connectivity index (χ1n) is 7.36. The van der Waals surface area contributed by atoms with Crippen molar-refractivity contribution in [3.05, 3.63) is 60.1 Å². The maximum Gasteiger partial charge on any atom is 0.256 e. The van der Waals surface area contributed by atoms with Crippen molar-refractivity contribution in [3.8, 4) is 11.5 Å². The van der Waals surface area contributed by atoms with Gasteiger partial charge >= 0.3 is 0 Å². The van der Waals surface area contributed by atoms with Crippen molar-refractivity contribution >= 4 is 5.91 Å². The van der Waals surface area contributed by atoms with Crippen molar-refractivity contribution in [2.24, 2.45) is 0 Å². The third-order valence-electron chi connectivity index (χ3n) is 3.86. The van der Waals surface area contributed by atoms with Gasteiger partial charge in [-0.05, 0) is 12.1 Å². The molecule has 1 aliphatic rings. The van der Waals surface area contributed by atoms with E-state index in [0.29, 0.717) is 30.5 Å². The Morgan fingerprint density at radius 3 is 2.83 bits per heavy atom. The number of carbonyl (C=O) groups excluding carboxylic acids is 1. The normalized spacial score (nSPS) is 14.5. The van der Waals surface area contributed by atoms with Crippen LogP contribution in [0.1, 0.15) is 22.2 Å². The number of nitrogens with zero attached hydrogens (tertiary/aromatic N) is 5. The van der Waals surface area contributed by atoms with Crippen LogP contribution >= 0.6 is 0 Å². The summed E-state index contributed by atoms with van der Waals surface area (Å²) >= 11 is 0. The molecule has 8 heteroatoms. The van der Waals surface area contributed by atoms with Gasteiger partial charge in [-0.25, -0.2) is 9.37 Å². The summed E-state index contributed by atoms with van der Waals surface area (Å²) in [6.07, 6.45) is 4.65. The third kappa shape index (κ3) is 2.51. The van der Waals surface area contributed by atoms with Crippen LogP contribution in [0.3, 0.4) is 0 Å². The lowest BCUT2D eigenvalue weighted by Crippen LogP contribution is -2.48. The molecule has 0 unspecified atom stereocenters. The Morgan fingerprint density at radius 2 is 2.08 bits per heavy atom. The Labute approximate surface area is 136 Å². The van der Waals surface area contributed by atoms with Gasteiger partial charge < -0.3 is 9.42 Å². The minimum absolute atomic E-state index is 0.0568. The summed E-state index contributed by atoms with van der Waals surface area (Å²) in [4.78, 5) is 26.2. The fourth-order valence-corrected chi connectivity index (χ4v) is 2.53. The van der Waals surface area contributed by atoms with E-state index in [1.54, 1.807) is 35.6 Å². The van der Waals surface area contributed by atoms with Gasteiger partial charge in [0.05, 0.1) is 17.7 Å². The Balaban J connectivity index is 1.44. The molecule has 4 rings (SSSR count). The van der Waals surface area contributed by atoms with Gasteiger partial charge in [0.2, 0.25) is 11.7 Å². The van der Waals surface area contributed by atoms with E-state index >= 15 is 0 Å². The van der Waals surface area contributed by atoms with Crippen LogP contribution < -0.4 is 0 Å². The first-order valence-corrected chi connectivity index (χ1v) is 7.36. The van der Waals surface area contributed by atoms with Gasteiger partial charge in [-0.2, -0.15) is 4.98 Å². The van der Waals surface area contributed by atoms with E-state index in [9.17, 15) is 9.18 Å². The first kappa shape index (κ1) is 14.4. The lowest BCUT2D eigenvalue weighted by atomic mass is 9.98. The fraction of sp³-hybridized carbons (Fsp3) is 0.188. The molecule has 3 aromatic rings. The predicted octanol–water partition coefficient (Wildman–Crippen LogP) is 1.91. The van der Waals surface area contributed by atoms with Gasteiger partial charge in [0.1, 0.15) is 11.5 Å². The summed E-state index contributed by atoms with van der Waals surface area (Å²) in [5.41, 5.74) is 0.591. The van der Waals surface area contributed by atoms with E-state index in [-0.39, 0.29) is 17.4 Å². The number of hydrogen-bond acceptors (Lipinski definition) is 6. The summed E-state index contributed by atoms with van der Waals surface area (Å²) in [5.74, 6) is -0.115. The Bertz CT molecular complexity index is 877. The van der Waals surface area contributed by atoms with E-state index in [2.05, 4.69) is 20.1 Å². The minimum Gasteiger partial charge on any atom is -0.338 e. The van der Waals surface area contributed by atoms with Crippen LogP contribution in [-0.4, -0.2) is 44.0 Å². The second kappa shape index (κ2) is 5.80. The smallest absolute Gasteiger partial charge is 0.256 e. The van der Waals surface area contributed by atoms with Gasteiger partial charge in [0, 0.05) is 25.5 Å². The lowest BCUT2D eigenvalue weighted by molar-refractivity contribution is 0.0564. The summed E-state index contributed by atoms with van der Waals surface area (Å²) < 4.78 is 18.9. The number of amides is 1. The first-order chi connectivity index (χ1) is 11.7. The molecule has 120 valence electrons. The molecule has 1 aliphatic heterocycles. The monoisotopic (exact) mass is 325 g/mol. The van der Waals surface area contributed by atoms with Crippen LogP contribution in [0.15, 0.2) is 47.4 Å². The van der Waals surface area contributed by atoms with E-state index in [1.165, 1.54) is 12.1 Å². The summed E-state index contributed by atoms with van der Waals surface area (Å²) in [6.45, 7) is 0.824. The van der Waals surface area contributed by atoms with Crippen molar-refractivity contribution in [2.45, 2.75) is 5.92 Å². The number of hydrogen-bond donors (Lipinski definition) is 0. The molecule has 0 atom stereocenters. The molecule has 0 saturated carbocycles. The van der Waals surface area contributed by atoms with E-state index in [0.717, 1.165) is 0 Å². The van der Waals surface area contributed by atoms with Crippen LogP contribution in [0.2, 0.25) is 0 Å². The number of carbonyl (C=O) groups is 1. The molecule has 0 radical (unpaired) electrons. The highest BCUT2D eigenvalue weighted by Crippen LogP contribution is 2.28. The molecule has 0 aliphatic carbocycles. The summed E-state index contributed by atoms with van der Waals surface area (Å²) in [7, 11) is 0. The number of benzene rings is 1. The average molecular weight is 325 g/mol. The Hall–Kier alpha value is -3.16. The van der Waals surface area contributed by atoms with Gasteiger partial charge in [0.15, 0.2) is 0 Å². The molecular weight excluding hydrogens is 313 g/mol. The Kier molecular flexibility index (Phi) is 3.49. The molecule has 7 nitrogen and oxygen atoms in total. The van der Waals surface area contributed by atoms with E-state index in [4.69, 9.17) is 4.52 Å². The Morgan fingerprint density at radius 1 is 1.25 bits per heavy atom. The van der Waals surface area contributed by atoms with E-state index < -0.39 is 5.82 Å². The zero-order valence-corrected chi connectivity index (χ0v) is 12.5. The highest BCUT2D eigenvalue weighted by atomic mass is 19.1. The summed E-state index contributed by atoms with van der Waals surface area (Å²) in [5, 5.41) is 3.88. The zero-order valence-electron chi connectivity index (χ0n) is 12.5. The van der Waals surface area contributed by atoms with Gasteiger partial charge in [0.25, 0.3) is 5.91 Å². The molecule has 1 saturated heterocycles. The van der Waals surface area contributed by atoms with Crippen molar-refractivity contribution in [1.82, 2.24) is 25.0 Å². The SMILES string of the molecule is O=C(c1ccccc1F)N1CC(c2nc(-c3cnccn3)no2)C1. The van der Waals surface area contributed by atoms with Crippen molar-refractivity contribution in [2.75, 3.05) is 13.1 Å². The summed E-state index contributed by atoms with van der Waals surface area (Å²) in [6, 6.07) is 5.94. The molecule has 1 fully saturated rings. The highest BCUT2D eigenvalue weighted by molar-refractivity contribution is 5.95. The van der Waals surface area contributed by atoms with Gasteiger partial charge in [-0.15, -0.1) is 0 Å². The molecule has 0 spiro atoms. The highest BCUT2D eigenvalue weighted by Gasteiger charge is 2.36. The molecule has 2 aromatic heterocycles. The third-order valence-corrected chi connectivity index (χ3v) is 3.86. The molecule has 0 bridgehead atoms. The van der Waals surface area contributed by atoms with Gasteiger partial charge in [-0.3, -0.25) is 9.78 Å². The molecule has 24 heavy (non-hydrogen) atoms. The molecule has 0 N–H and O–H groups in total. The number of rotatable bonds is 3. The second-order valence-electron chi connectivity index (χ2n) is 5.43. The number of aromatic nitrogens is 4. The van der Waals surface area contributed by atoms with Gasteiger partial charge in [-0.1, -0.05) is 17.3 Å². The lowest BCUT2D eigenvalue weighted by Gasteiger charge is -2.37. The van der Waals surface area contributed by atoms with Crippen LogP contribution in [0.5, 0.6) is 0 Å².